The third-order valence-electron chi connectivity index (χ3n) is 4.28. The quantitative estimate of drug-likeness (QED) is 0.868. The topological polar surface area (TPSA) is 34.0 Å². The number of piperidine rings is 1. The molecule has 1 saturated heterocycles. The molecule has 0 bridgehead atoms. The number of aryl methyl sites for hydroxylation is 1. The second-order valence-electron chi connectivity index (χ2n) is 5.75. The van der Waals surface area contributed by atoms with Gasteiger partial charge in [-0.3, -0.25) is 9.58 Å². The summed E-state index contributed by atoms with van der Waals surface area (Å²) < 4.78 is 1.96. The van der Waals surface area contributed by atoms with E-state index < -0.39 is 0 Å². The molecule has 1 atom stereocenters. The monoisotopic (exact) mass is 290 g/mol. The van der Waals surface area contributed by atoms with Gasteiger partial charge in [0.2, 0.25) is 0 Å². The van der Waals surface area contributed by atoms with Crippen LogP contribution in [0.4, 0.5) is 0 Å². The molecule has 1 aliphatic rings. The van der Waals surface area contributed by atoms with E-state index in [1.807, 2.05) is 24.1 Å². The van der Waals surface area contributed by atoms with E-state index in [1.165, 1.54) is 42.2 Å². The van der Waals surface area contributed by atoms with Crippen molar-refractivity contribution in [2.45, 2.75) is 32.7 Å². The normalized spacial score (nSPS) is 20.4. The second-order valence-corrected chi connectivity index (χ2v) is 6.73. The maximum atomic E-state index is 4.42. The highest BCUT2D eigenvalue weighted by Crippen LogP contribution is 2.23. The molecule has 0 aliphatic carbocycles. The molecule has 0 saturated carbocycles. The molecule has 3 rings (SSSR count). The van der Waals surface area contributed by atoms with Crippen molar-refractivity contribution in [3.8, 4) is 0 Å². The van der Waals surface area contributed by atoms with E-state index in [0.29, 0.717) is 0 Å². The average Bonchev–Trinajstić information content (AvgIpc) is 3.05. The van der Waals surface area contributed by atoms with Crippen molar-refractivity contribution < 1.29 is 0 Å². The first-order valence-corrected chi connectivity index (χ1v) is 8.18. The Balaban J connectivity index is 1.59. The molecule has 0 unspecified atom stereocenters. The van der Waals surface area contributed by atoms with E-state index in [-0.39, 0.29) is 0 Å². The first-order valence-electron chi connectivity index (χ1n) is 7.30. The van der Waals surface area contributed by atoms with Gasteiger partial charge in [-0.1, -0.05) is 0 Å². The van der Waals surface area contributed by atoms with Crippen molar-refractivity contribution in [3.63, 3.8) is 0 Å². The minimum atomic E-state index is 0.756. The Morgan fingerprint density at radius 1 is 1.45 bits per heavy atom. The van der Waals surface area contributed by atoms with Crippen LogP contribution < -0.4 is 0 Å². The standard InChI is InChI=1S/C15H22N4S/c1-12-14(9-17-18(12)2)11-19-6-3-4-13(10-19)8-15-16-5-7-20-15/h5,7,9,13H,3-4,6,8,10-11H2,1-2H3/t13-/m0/s1. The SMILES string of the molecule is Cc1c(CN2CCC[C@@H](Cc3nccs3)C2)cnn1C. The van der Waals surface area contributed by atoms with E-state index in [1.54, 1.807) is 11.3 Å². The zero-order chi connectivity index (χ0) is 13.9. The van der Waals surface area contributed by atoms with Crippen LogP contribution in [-0.2, 0) is 20.0 Å². The lowest BCUT2D eigenvalue weighted by molar-refractivity contribution is 0.166. The Hall–Kier alpha value is -1.20. The van der Waals surface area contributed by atoms with E-state index in [9.17, 15) is 0 Å². The molecule has 2 aromatic rings. The molecule has 20 heavy (non-hydrogen) atoms. The van der Waals surface area contributed by atoms with Gasteiger partial charge >= 0.3 is 0 Å². The molecule has 0 spiro atoms. The van der Waals surface area contributed by atoms with Crippen LogP contribution in [0, 0.1) is 12.8 Å². The lowest BCUT2D eigenvalue weighted by atomic mass is 9.95. The van der Waals surface area contributed by atoms with Gasteiger partial charge < -0.3 is 0 Å². The Morgan fingerprint density at radius 3 is 3.05 bits per heavy atom. The molecular formula is C15H22N4S. The van der Waals surface area contributed by atoms with Gasteiger partial charge in [0.15, 0.2) is 0 Å². The van der Waals surface area contributed by atoms with Crippen molar-refractivity contribution in [2.75, 3.05) is 13.1 Å². The van der Waals surface area contributed by atoms with E-state index in [2.05, 4.69) is 27.3 Å². The van der Waals surface area contributed by atoms with Gasteiger partial charge in [-0.15, -0.1) is 11.3 Å². The maximum Gasteiger partial charge on any atom is 0.0928 e. The van der Waals surface area contributed by atoms with Crippen LogP contribution in [0.1, 0.15) is 29.1 Å². The number of hydrogen-bond acceptors (Lipinski definition) is 4. The molecule has 5 heteroatoms. The number of likely N-dealkylation sites (tertiary alicyclic amines) is 1. The Bertz CT molecular complexity index is 546. The van der Waals surface area contributed by atoms with E-state index >= 15 is 0 Å². The predicted molar refractivity (Wildman–Crippen MR) is 81.8 cm³/mol. The molecule has 3 heterocycles. The fourth-order valence-electron chi connectivity index (χ4n) is 3.00. The van der Waals surface area contributed by atoms with Crippen molar-refractivity contribution in [2.24, 2.45) is 13.0 Å². The lowest BCUT2D eigenvalue weighted by Crippen LogP contribution is -2.35. The summed E-state index contributed by atoms with van der Waals surface area (Å²) in [6, 6.07) is 0. The summed E-state index contributed by atoms with van der Waals surface area (Å²) >= 11 is 1.78. The Morgan fingerprint density at radius 2 is 2.35 bits per heavy atom. The number of nitrogens with zero attached hydrogens (tertiary/aromatic N) is 4. The minimum Gasteiger partial charge on any atom is -0.299 e. The molecule has 0 aromatic carbocycles. The summed E-state index contributed by atoms with van der Waals surface area (Å²) in [5.74, 6) is 0.756. The highest BCUT2D eigenvalue weighted by Gasteiger charge is 2.21. The van der Waals surface area contributed by atoms with Gasteiger partial charge in [0.25, 0.3) is 0 Å². The molecule has 1 aliphatic heterocycles. The summed E-state index contributed by atoms with van der Waals surface area (Å²) in [5.41, 5.74) is 2.65. The lowest BCUT2D eigenvalue weighted by Gasteiger charge is -2.32. The summed E-state index contributed by atoms with van der Waals surface area (Å²) in [4.78, 5) is 7.00. The molecule has 0 radical (unpaired) electrons. The van der Waals surface area contributed by atoms with Crippen LogP contribution in [0.15, 0.2) is 17.8 Å². The smallest absolute Gasteiger partial charge is 0.0928 e. The van der Waals surface area contributed by atoms with Gasteiger partial charge in [-0.2, -0.15) is 5.10 Å². The first-order chi connectivity index (χ1) is 9.72. The summed E-state index contributed by atoms with van der Waals surface area (Å²) in [6.07, 6.45) is 7.71. The predicted octanol–water partition coefficient (Wildman–Crippen LogP) is 2.64. The number of hydrogen-bond donors (Lipinski definition) is 0. The van der Waals surface area contributed by atoms with Crippen LogP contribution >= 0.6 is 11.3 Å². The number of rotatable bonds is 4. The Kier molecular flexibility index (Phi) is 4.17. The number of aromatic nitrogens is 3. The highest BCUT2D eigenvalue weighted by atomic mass is 32.1. The average molecular weight is 290 g/mol. The summed E-state index contributed by atoms with van der Waals surface area (Å²) in [7, 11) is 2.01. The largest absolute Gasteiger partial charge is 0.299 e. The second kappa shape index (κ2) is 6.06. The zero-order valence-corrected chi connectivity index (χ0v) is 13.1. The van der Waals surface area contributed by atoms with Crippen molar-refractivity contribution in [1.82, 2.24) is 19.7 Å². The van der Waals surface area contributed by atoms with Gasteiger partial charge in [0, 0.05) is 49.4 Å². The van der Waals surface area contributed by atoms with E-state index in [0.717, 1.165) is 18.9 Å². The summed E-state index contributed by atoms with van der Waals surface area (Å²) in [5, 5.41) is 7.71. The molecule has 108 valence electrons. The fourth-order valence-corrected chi connectivity index (χ4v) is 3.73. The van der Waals surface area contributed by atoms with Gasteiger partial charge in [-0.25, -0.2) is 4.98 Å². The molecule has 0 amide bonds. The van der Waals surface area contributed by atoms with Crippen molar-refractivity contribution in [3.05, 3.63) is 34.0 Å². The van der Waals surface area contributed by atoms with Crippen LogP contribution in [0.5, 0.6) is 0 Å². The molecule has 4 nitrogen and oxygen atoms in total. The Labute approximate surface area is 124 Å². The van der Waals surface area contributed by atoms with Crippen LogP contribution in [0.2, 0.25) is 0 Å². The molecular weight excluding hydrogens is 268 g/mol. The third kappa shape index (κ3) is 3.10. The minimum absolute atomic E-state index is 0.756. The first kappa shape index (κ1) is 13.8. The van der Waals surface area contributed by atoms with Crippen molar-refractivity contribution >= 4 is 11.3 Å². The van der Waals surface area contributed by atoms with Crippen molar-refractivity contribution in [1.29, 1.82) is 0 Å². The molecule has 1 fully saturated rings. The summed E-state index contributed by atoms with van der Waals surface area (Å²) in [6.45, 7) is 5.59. The van der Waals surface area contributed by atoms with Gasteiger partial charge in [0.05, 0.1) is 11.2 Å². The van der Waals surface area contributed by atoms with Gasteiger partial charge in [-0.05, 0) is 32.2 Å². The molecule has 2 aromatic heterocycles. The van der Waals surface area contributed by atoms with Crippen LogP contribution in [0.25, 0.3) is 0 Å². The van der Waals surface area contributed by atoms with Crippen LogP contribution in [0.3, 0.4) is 0 Å². The number of thiazole rings is 1. The van der Waals surface area contributed by atoms with Gasteiger partial charge in [0.1, 0.15) is 0 Å². The van der Waals surface area contributed by atoms with Crippen LogP contribution in [-0.4, -0.2) is 32.8 Å². The third-order valence-corrected chi connectivity index (χ3v) is 5.08. The molecule has 0 N–H and O–H groups in total. The maximum absolute atomic E-state index is 4.42. The zero-order valence-electron chi connectivity index (χ0n) is 12.2. The highest BCUT2D eigenvalue weighted by molar-refractivity contribution is 7.09. The fraction of sp³-hybridized carbons (Fsp3) is 0.600. The van der Waals surface area contributed by atoms with E-state index in [4.69, 9.17) is 0 Å².